The van der Waals surface area contributed by atoms with Crippen LogP contribution >= 0.6 is 0 Å². The number of sulfonamides is 1. The molecule has 0 heterocycles. The molecule has 0 saturated heterocycles. The summed E-state index contributed by atoms with van der Waals surface area (Å²) in [6.07, 6.45) is 3.13. The standard InChI is InChI=1S/C25H27NO4S/c1-17-15-18(2)23(25(28)16-17)13-14-24(27)21-11-9-20(10-12-21)19(3)26-31(29,30)22-7-5-4-6-8-22/h4-12,15,19,26H,13-14,16H2,1-3H3. The number of rotatable bonds is 8. The highest BCUT2D eigenvalue weighted by atomic mass is 32.2. The Morgan fingerprint density at radius 2 is 1.68 bits per heavy atom. The van der Waals surface area contributed by atoms with Gasteiger partial charge in [-0.15, -0.1) is 0 Å². The maximum Gasteiger partial charge on any atom is 0.241 e. The second kappa shape index (κ2) is 9.54. The van der Waals surface area contributed by atoms with E-state index in [-0.39, 0.29) is 22.9 Å². The fourth-order valence-electron chi connectivity index (χ4n) is 3.73. The largest absolute Gasteiger partial charge is 0.294 e. The lowest BCUT2D eigenvalue weighted by Gasteiger charge is -2.16. The molecule has 0 saturated carbocycles. The Labute approximate surface area is 183 Å². The van der Waals surface area contributed by atoms with Crippen molar-refractivity contribution in [3.63, 3.8) is 0 Å². The summed E-state index contributed by atoms with van der Waals surface area (Å²) in [6, 6.07) is 14.7. The predicted octanol–water partition coefficient (Wildman–Crippen LogP) is 4.92. The minimum absolute atomic E-state index is 0.0385. The van der Waals surface area contributed by atoms with Crippen LogP contribution in [0.5, 0.6) is 0 Å². The van der Waals surface area contributed by atoms with E-state index in [1.807, 2.05) is 19.9 Å². The molecule has 6 heteroatoms. The maximum atomic E-state index is 12.6. The summed E-state index contributed by atoms with van der Waals surface area (Å²) in [5.74, 6) is 0.0589. The summed E-state index contributed by atoms with van der Waals surface area (Å²) >= 11 is 0. The zero-order valence-corrected chi connectivity index (χ0v) is 18.8. The molecule has 1 aliphatic rings. The van der Waals surface area contributed by atoms with E-state index in [0.29, 0.717) is 18.4 Å². The van der Waals surface area contributed by atoms with Gasteiger partial charge in [-0.3, -0.25) is 9.59 Å². The number of nitrogens with one attached hydrogen (secondary N) is 1. The van der Waals surface area contributed by atoms with Gasteiger partial charge >= 0.3 is 0 Å². The second-order valence-electron chi connectivity index (χ2n) is 7.95. The topological polar surface area (TPSA) is 80.3 Å². The minimum Gasteiger partial charge on any atom is -0.294 e. The number of benzene rings is 2. The normalized spacial score (nSPS) is 15.6. The van der Waals surface area contributed by atoms with E-state index in [0.717, 1.165) is 22.3 Å². The van der Waals surface area contributed by atoms with Crippen molar-refractivity contribution in [2.24, 2.45) is 0 Å². The van der Waals surface area contributed by atoms with Crippen molar-refractivity contribution in [2.45, 2.75) is 51.0 Å². The van der Waals surface area contributed by atoms with E-state index in [4.69, 9.17) is 0 Å². The number of allylic oxidation sites excluding steroid dienone is 4. The summed E-state index contributed by atoms with van der Waals surface area (Å²) in [7, 11) is -3.63. The Balaban J connectivity index is 1.64. The summed E-state index contributed by atoms with van der Waals surface area (Å²) in [4.78, 5) is 25.0. The highest BCUT2D eigenvalue weighted by Gasteiger charge is 2.20. The molecule has 0 radical (unpaired) electrons. The van der Waals surface area contributed by atoms with E-state index in [9.17, 15) is 18.0 Å². The fourth-order valence-corrected chi connectivity index (χ4v) is 4.99. The number of hydrogen-bond donors (Lipinski definition) is 1. The number of ketones is 2. The molecule has 5 nitrogen and oxygen atoms in total. The first kappa shape index (κ1) is 22.8. The van der Waals surface area contributed by atoms with Gasteiger partial charge < -0.3 is 0 Å². The van der Waals surface area contributed by atoms with Crippen LogP contribution in [0.3, 0.4) is 0 Å². The van der Waals surface area contributed by atoms with Gasteiger partial charge in [0, 0.05) is 24.4 Å². The van der Waals surface area contributed by atoms with Crippen molar-refractivity contribution >= 4 is 21.6 Å². The van der Waals surface area contributed by atoms with Gasteiger partial charge in [0.05, 0.1) is 4.90 Å². The number of carbonyl (C=O) groups excluding carboxylic acids is 2. The van der Waals surface area contributed by atoms with Crippen LogP contribution in [0, 0.1) is 0 Å². The molecular formula is C25H27NO4S. The maximum absolute atomic E-state index is 12.6. The van der Waals surface area contributed by atoms with Crippen LogP contribution in [0.15, 0.2) is 82.3 Å². The second-order valence-corrected chi connectivity index (χ2v) is 9.67. The van der Waals surface area contributed by atoms with Gasteiger partial charge in [-0.25, -0.2) is 13.1 Å². The van der Waals surface area contributed by atoms with Gasteiger partial charge in [0.2, 0.25) is 10.0 Å². The minimum atomic E-state index is -3.63. The van der Waals surface area contributed by atoms with Gasteiger partial charge in [0.15, 0.2) is 11.6 Å². The van der Waals surface area contributed by atoms with E-state index in [1.165, 1.54) is 0 Å². The Morgan fingerprint density at radius 3 is 2.29 bits per heavy atom. The zero-order valence-electron chi connectivity index (χ0n) is 18.0. The average molecular weight is 438 g/mol. The van der Waals surface area contributed by atoms with Crippen molar-refractivity contribution in [1.29, 1.82) is 0 Å². The highest BCUT2D eigenvalue weighted by molar-refractivity contribution is 7.89. The van der Waals surface area contributed by atoms with E-state index in [1.54, 1.807) is 61.5 Å². The number of hydrogen-bond acceptors (Lipinski definition) is 4. The van der Waals surface area contributed by atoms with E-state index < -0.39 is 16.1 Å². The van der Waals surface area contributed by atoms with Crippen LogP contribution < -0.4 is 4.72 Å². The van der Waals surface area contributed by atoms with Crippen molar-refractivity contribution in [3.05, 3.63) is 88.5 Å². The van der Waals surface area contributed by atoms with Crippen molar-refractivity contribution in [3.8, 4) is 0 Å². The Hall–Kier alpha value is -2.83. The first-order chi connectivity index (χ1) is 14.7. The monoisotopic (exact) mass is 437 g/mol. The van der Waals surface area contributed by atoms with Crippen molar-refractivity contribution in [2.75, 3.05) is 0 Å². The van der Waals surface area contributed by atoms with Crippen LogP contribution in [0.4, 0.5) is 0 Å². The summed E-state index contributed by atoms with van der Waals surface area (Å²) in [5, 5.41) is 0. The zero-order chi connectivity index (χ0) is 22.6. The molecule has 0 aromatic heterocycles. The van der Waals surface area contributed by atoms with Gasteiger partial charge in [-0.2, -0.15) is 0 Å². The number of carbonyl (C=O) groups is 2. The van der Waals surface area contributed by atoms with Gasteiger partial charge in [0.25, 0.3) is 0 Å². The van der Waals surface area contributed by atoms with Crippen LogP contribution in [0.1, 0.15) is 62.0 Å². The molecule has 162 valence electrons. The SMILES string of the molecule is CC1=CC(C)=C(CCC(=O)c2ccc(C(C)NS(=O)(=O)c3ccccc3)cc2)C(=O)C1. The molecule has 1 unspecified atom stereocenters. The molecule has 0 fully saturated rings. The van der Waals surface area contributed by atoms with E-state index in [2.05, 4.69) is 4.72 Å². The van der Waals surface area contributed by atoms with Gasteiger partial charge in [-0.05, 0) is 56.0 Å². The lowest BCUT2D eigenvalue weighted by Crippen LogP contribution is -2.26. The first-order valence-electron chi connectivity index (χ1n) is 10.3. The van der Waals surface area contributed by atoms with Gasteiger partial charge in [-0.1, -0.05) is 54.1 Å². The smallest absolute Gasteiger partial charge is 0.241 e. The summed E-state index contributed by atoms with van der Waals surface area (Å²) < 4.78 is 27.7. The van der Waals surface area contributed by atoms with Crippen LogP contribution in [-0.2, 0) is 14.8 Å². The Kier molecular flexibility index (Phi) is 7.03. The van der Waals surface area contributed by atoms with Crippen molar-refractivity contribution in [1.82, 2.24) is 4.72 Å². The lowest BCUT2D eigenvalue weighted by atomic mass is 9.89. The highest BCUT2D eigenvalue weighted by Crippen LogP contribution is 2.25. The average Bonchev–Trinajstić information content (AvgIpc) is 2.73. The molecule has 31 heavy (non-hydrogen) atoms. The molecule has 1 aliphatic carbocycles. The van der Waals surface area contributed by atoms with Crippen LogP contribution in [-0.4, -0.2) is 20.0 Å². The summed E-state index contributed by atoms with van der Waals surface area (Å²) in [6.45, 7) is 5.61. The Morgan fingerprint density at radius 1 is 1.03 bits per heavy atom. The molecule has 2 aromatic carbocycles. The van der Waals surface area contributed by atoms with Crippen LogP contribution in [0.25, 0.3) is 0 Å². The van der Waals surface area contributed by atoms with Crippen LogP contribution in [0.2, 0.25) is 0 Å². The van der Waals surface area contributed by atoms with Gasteiger partial charge in [0.1, 0.15) is 0 Å². The Bertz CT molecular complexity index is 1140. The lowest BCUT2D eigenvalue weighted by molar-refractivity contribution is -0.115. The molecule has 3 rings (SSSR count). The quantitative estimate of drug-likeness (QED) is 0.594. The third-order valence-corrected chi connectivity index (χ3v) is 6.99. The summed E-state index contributed by atoms with van der Waals surface area (Å²) in [5.41, 5.74) is 4.04. The molecule has 1 N–H and O–H groups in total. The molecular weight excluding hydrogens is 410 g/mol. The number of Topliss-reactive ketones (excluding diaryl/α,β-unsaturated/α-hetero) is 2. The first-order valence-corrected chi connectivity index (χ1v) is 11.8. The fraction of sp³-hybridized carbons (Fsp3) is 0.280. The van der Waals surface area contributed by atoms with E-state index >= 15 is 0 Å². The molecule has 0 bridgehead atoms. The van der Waals surface area contributed by atoms with Crippen molar-refractivity contribution < 1.29 is 18.0 Å². The molecule has 1 atom stereocenters. The third kappa shape index (κ3) is 5.66. The molecule has 2 aromatic rings. The third-order valence-electron chi connectivity index (χ3n) is 5.44. The molecule has 0 aliphatic heterocycles. The molecule has 0 amide bonds. The molecule has 0 spiro atoms. The predicted molar refractivity (Wildman–Crippen MR) is 121 cm³/mol.